The van der Waals surface area contributed by atoms with Crippen molar-refractivity contribution in [1.29, 1.82) is 0 Å². The monoisotopic (exact) mass is 210 g/mol. The van der Waals surface area contributed by atoms with Gasteiger partial charge in [0.15, 0.2) is 5.76 Å². The number of aliphatic hydroxyl groups excluding tert-OH is 3. The first-order valence-electron chi connectivity index (χ1n) is 4.42. The van der Waals surface area contributed by atoms with Crippen molar-refractivity contribution in [1.82, 2.24) is 0 Å². The number of carbonyl (C=O) groups is 1. The van der Waals surface area contributed by atoms with Crippen molar-refractivity contribution in [3.8, 4) is 0 Å². The number of ketones is 1. The zero-order chi connectivity index (χ0) is 11.2. The van der Waals surface area contributed by atoms with Crippen molar-refractivity contribution in [3.05, 3.63) is 35.2 Å². The molecule has 0 saturated carbocycles. The van der Waals surface area contributed by atoms with Gasteiger partial charge in [0.2, 0.25) is 5.78 Å². The SMILES string of the molecule is CC1=C(O)C(=O)C2C(O)=CC(O)=CC2O1. The lowest BCUT2D eigenvalue weighted by Crippen LogP contribution is -2.38. The molecule has 0 aromatic heterocycles. The van der Waals surface area contributed by atoms with E-state index >= 15 is 0 Å². The molecule has 0 bridgehead atoms. The van der Waals surface area contributed by atoms with Crippen LogP contribution in [0, 0.1) is 5.92 Å². The van der Waals surface area contributed by atoms with Gasteiger partial charge >= 0.3 is 0 Å². The third-order valence-electron chi connectivity index (χ3n) is 2.44. The number of carbonyl (C=O) groups excluding carboxylic acids is 1. The highest BCUT2D eigenvalue weighted by Crippen LogP contribution is 2.32. The number of hydrogen-bond donors (Lipinski definition) is 3. The molecule has 1 heterocycles. The Bertz CT molecular complexity index is 416. The number of rotatable bonds is 0. The summed E-state index contributed by atoms with van der Waals surface area (Å²) >= 11 is 0. The van der Waals surface area contributed by atoms with Gasteiger partial charge in [-0.05, 0) is 13.0 Å². The summed E-state index contributed by atoms with van der Waals surface area (Å²) in [6.07, 6.45) is 1.63. The molecule has 2 rings (SSSR count). The van der Waals surface area contributed by atoms with Gasteiger partial charge in [0.05, 0.1) is 0 Å². The van der Waals surface area contributed by atoms with Crippen LogP contribution in [0.4, 0.5) is 0 Å². The third kappa shape index (κ3) is 1.36. The van der Waals surface area contributed by atoms with Crippen LogP contribution in [0.25, 0.3) is 0 Å². The number of allylic oxidation sites excluding steroid dienone is 3. The van der Waals surface area contributed by atoms with Gasteiger partial charge in [-0.3, -0.25) is 4.79 Å². The maximum absolute atomic E-state index is 11.6. The minimum Gasteiger partial charge on any atom is -0.511 e. The lowest BCUT2D eigenvalue weighted by Gasteiger charge is -2.30. The van der Waals surface area contributed by atoms with Gasteiger partial charge in [-0.25, -0.2) is 0 Å². The maximum atomic E-state index is 11.6. The number of hydrogen-bond acceptors (Lipinski definition) is 5. The summed E-state index contributed by atoms with van der Waals surface area (Å²) in [7, 11) is 0. The molecule has 0 fully saturated rings. The molecule has 0 amide bonds. The second-order valence-corrected chi connectivity index (χ2v) is 3.49. The summed E-state index contributed by atoms with van der Waals surface area (Å²) in [6.45, 7) is 1.45. The van der Waals surface area contributed by atoms with Crippen LogP contribution >= 0.6 is 0 Å². The van der Waals surface area contributed by atoms with Gasteiger partial charge in [-0.15, -0.1) is 0 Å². The lowest BCUT2D eigenvalue weighted by atomic mass is 9.87. The molecule has 0 saturated heterocycles. The van der Waals surface area contributed by atoms with Gasteiger partial charge in [-0.2, -0.15) is 0 Å². The topological polar surface area (TPSA) is 87.0 Å². The Hall–Kier alpha value is -1.91. The number of ether oxygens (including phenoxy) is 1. The van der Waals surface area contributed by atoms with E-state index in [-0.39, 0.29) is 17.3 Å². The van der Waals surface area contributed by atoms with Gasteiger partial charge in [0.1, 0.15) is 29.3 Å². The van der Waals surface area contributed by atoms with Crippen LogP contribution in [0.5, 0.6) is 0 Å². The standard InChI is InChI=1S/C10H10O5/c1-4-9(13)10(14)8-6(12)2-5(11)3-7(8)15-4/h2-3,7-8,11-13H,1H3. The zero-order valence-electron chi connectivity index (χ0n) is 7.97. The molecular weight excluding hydrogens is 200 g/mol. The van der Waals surface area contributed by atoms with Crippen LogP contribution in [0.3, 0.4) is 0 Å². The van der Waals surface area contributed by atoms with Gasteiger partial charge in [-0.1, -0.05) is 0 Å². The van der Waals surface area contributed by atoms with Crippen LogP contribution in [-0.2, 0) is 9.53 Å². The Morgan fingerprint density at radius 3 is 2.67 bits per heavy atom. The molecule has 2 aliphatic rings. The van der Waals surface area contributed by atoms with E-state index in [1.807, 2.05) is 0 Å². The van der Waals surface area contributed by atoms with Crippen LogP contribution in [0.2, 0.25) is 0 Å². The molecular formula is C10H10O5. The normalized spacial score (nSPS) is 30.3. The van der Waals surface area contributed by atoms with E-state index in [1.54, 1.807) is 0 Å². The van der Waals surface area contributed by atoms with Crippen molar-refractivity contribution in [2.75, 3.05) is 0 Å². The quantitative estimate of drug-likeness (QED) is 0.560. The second-order valence-electron chi connectivity index (χ2n) is 3.49. The Balaban J connectivity index is 2.45. The maximum Gasteiger partial charge on any atom is 0.215 e. The number of fused-ring (bicyclic) bond motifs is 1. The van der Waals surface area contributed by atoms with E-state index in [1.165, 1.54) is 13.0 Å². The van der Waals surface area contributed by atoms with Crippen LogP contribution in [-0.4, -0.2) is 27.2 Å². The molecule has 0 radical (unpaired) electrons. The highest BCUT2D eigenvalue weighted by atomic mass is 16.5. The summed E-state index contributed by atoms with van der Waals surface area (Å²) in [5.74, 6) is -2.39. The van der Waals surface area contributed by atoms with Crippen molar-refractivity contribution in [2.24, 2.45) is 5.92 Å². The molecule has 5 heteroatoms. The predicted molar refractivity (Wildman–Crippen MR) is 50.1 cm³/mol. The fraction of sp³-hybridized carbons (Fsp3) is 0.300. The second kappa shape index (κ2) is 3.05. The number of Topliss-reactive ketones (excluding diaryl/α,β-unsaturated/α-hetero) is 1. The minimum atomic E-state index is -0.954. The molecule has 1 aliphatic heterocycles. The smallest absolute Gasteiger partial charge is 0.215 e. The molecule has 2 atom stereocenters. The summed E-state index contributed by atoms with van der Waals surface area (Å²) in [6, 6.07) is 0. The Kier molecular flexibility index (Phi) is 1.96. The van der Waals surface area contributed by atoms with E-state index in [2.05, 4.69) is 0 Å². The highest BCUT2D eigenvalue weighted by Gasteiger charge is 2.41. The van der Waals surface area contributed by atoms with E-state index in [4.69, 9.17) is 4.74 Å². The predicted octanol–water partition coefficient (Wildman–Crippen LogP) is 1.26. The average Bonchev–Trinajstić information content (AvgIpc) is 2.13. The van der Waals surface area contributed by atoms with Crippen molar-refractivity contribution >= 4 is 5.78 Å². The molecule has 0 aromatic rings. The first-order valence-corrected chi connectivity index (χ1v) is 4.42. The lowest BCUT2D eigenvalue weighted by molar-refractivity contribution is -0.127. The van der Waals surface area contributed by atoms with Crippen LogP contribution in [0.1, 0.15) is 6.92 Å². The summed E-state index contributed by atoms with van der Waals surface area (Å²) in [5, 5.41) is 28.0. The minimum absolute atomic E-state index is 0.0972. The van der Waals surface area contributed by atoms with Crippen LogP contribution in [0.15, 0.2) is 35.2 Å². The van der Waals surface area contributed by atoms with Crippen molar-refractivity contribution in [2.45, 2.75) is 13.0 Å². The van der Waals surface area contributed by atoms with Gasteiger partial charge < -0.3 is 20.1 Å². The average molecular weight is 210 g/mol. The Labute approximate surface area is 85.6 Å². The van der Waals surface area contributed by atoms with E-state index < -0.39 is 23.6 Å². The Morgan fingerprint density at radius 1 is 1.33 bits per heavy atom. The van der Waals surface area contributed by atoms with E-state index in [0.717, 1.165) is 6.08 Å². The fourth-order valence-electron chi connectivity index (χ4n) is 1.69. The Morgan fingerprint density at radius 2 is 2.00 bits per heavy atom. The van der Waals surface area contributed by atoms with Crippen LogP contribution < -0.4 is 0 Å². The molecule has 15 heavy (non-hydrogen) atoms. The first kappa shape index (κ1) is 9.64. The summed E-state index contributed by atoms with van der Waals surface area (Å²) in [4.78, 5) is 11.6. The van der Waals surface area contributed by atoms with Crippen molar-refractivity contribution in [3.63, 3.8) is 0 Å². The third-order valence-corrected chi connectivity index (χ3v) is 2.44. The fourth-order valence-corrected chi connectivity index (χ4v) is 1.69. The number of aliphatic hydroxyl groups is 3. The molecule has 0 aromatic carbocycles. The van der Waals surface area contributed by atoms with Gasteiger partial charge in [0, 0.05) is 6.08 Å². The molecule has 3 N–H and O–H groups in total. The summed E-state index contributed by atoms with van der Waals surface area (Å²) in [5.41, 5.74) is 0. The molecule has 1 aliphatic carbocycles. The van der Waals surface area contributed by atoms with Crippen molar-refractivity contribution < 1.29 is 24.9 Å². The molecule has 0 spiro atoms. The first-order chi connectivity index (χ1) is 7.00. The molecule has 5 nitrogen and oxygen atoms in total. The van der Waals surface area contributed by atoms with E-state index in [9.17, 15) is 20.1 Å². The highest BCUT2D eigenvalue weighted by molar-refractivity contribution is 5.98. The summed E-state index contributed by atoms with van der Waals surface area (Å²) < 4.78 is 5.19. The molecule has 80 valence electrons. The zero-order valence-corrected chi connectivity index (χ0v) is 7.97. The van der Waals surface area contributed by atoms with E-state index in [0.29, 0.717) is 0 Å². The largest absolute Gasteiger partial charge is 0.511 e. The van der Waals surface area contributed by atoms with Gasteiger partial charge in [0.25, 0.3) is 0 Å². The molecule has 2 unspecified atom stereocenters.